The average molecular weight is 1190 g/mol. The predicted molar refractivity (Wildman–Crippen MR) is 312 cm³/mol. The first-order valence-electron chi connectivity index (χ1n) is 31.7. The fraction of sp³-hybridized carbons (Fsp3) is 0.891. The molecule has 4 aliphatic carbocycles. The number of nitrogens with one attached hydrogen (secondary N) is 1. The number of aliphatic hydroxyl groups excluding tert-OH is 4. The first kappa shape index (κ1) is 68.9. The van der Waals surface area contributed by atoms with Gasteiger partial charge in [-0.1, -0.05) is 59.6 Å². The Bertz CT molecular complexity index is 2360. The third-order valence-corrected chi connectivity index (χ3v) is 22.3. The van der Waals surface area contributed by atoms with Crippen molar-refractivity contribution in [3.05, 3.63) is 23.8 Å². The van der Waals surface area contributed by atoms with Crippen LogP contribution in [0.5, 0.6) is 0 Å². The standard InChI is InChI=1S/C64H108FN3O16/c1-17-19-26-67(15)46-29-37(5)80-56(50(46)71)84-54-38(6)51(83-49-33-61(13,79-16)53(73)41(9)81-49)39(7)55(74)82-48(18-2)62(14,77)52(72)40(8)68(34-35(3)31-60(54,12)76)27-20-25-66-57(75)64(78)36(4)28-45-44-22-21-42-30-43(69)23-24-58(42,10)63(44,65)47(70)32-59(45,64)11/h23-24,30,35-41,44-54,56,70-73,76-78H,17-22,25-29,31-34H2,1-16H3,(H,66,75)/t35-,36-,37-,38+,39-,40-,41+,44?,45?,46+,47+,48-,49+,50-,51+,52-,53+,54-,56+,58+,59+,60-,61-,62-,63+,64+/m1/s1. The van der Waals surface area contributed by atoms with Crippen LogP contribution in [0.4, 0.5) is 4.39 Å². The smallest absolute Gasteiger partial charge is 0.311 e. The zero-order chi connectivity index (χ0) is 62.6. The number of cyclic esters (lactones) is 1. The lowest BCUT2D eigenvalue weighted by Gasteiger charge is -2.62. The SMILES string of the molecule is CCCCN(C)[C@H]1C[C@@H](C)O[C@@H](O[C@@H]2[C@@H](C)[C@H](O[C@H]3C[C@@](C)(OC)[C@@H](O)[C@H](C)O3)[C@@H](C)C(=O)O[C@H](CC)[C@@](C)(O)[C@H](O)[C@@H](C)N(CCCNC(=O)[C@@]3(O)[C@H](C)CC4C5CCC6=CC(=O)C=C[C@]6(C)[C@@]5(F)[C@@H](O)C[C@@]43C)C[C@H](C)C[C@@]2(C)O)[C@@H]1O. The lowest BCUT2D eigenvalue weighted by molar-refractivity contribution is -0.318. The van der Waals surface area contributed by atoms with Gasteiger partial charge >= 0.3 is 5.97 Å². The molecule has 3 aliphatic heterocycles. The van der Waals surface area contributed by atoms with Gasteiger partial charge in [-0.05, 0) is 157 Å². The molecule has 0 aromatic heterocycles. The van der Waals surface area contributed by atoms with Crippen molar-refractivity contribution < 1.29 is 82.9 Å². The first-order chi connectivity index (χ1) is 39.0. The Morgan fingerprint density at radius 1 is 0.893 bits per heavy atom. The van der Waals surface area contributed by atoms with Gasteiger partial charge in [0.05, 0.1) is 47.6 Å². The number of nitrogens with zero attached hydrogens (tertiary/aromatic N) is 2. The maximum atomic E-state index is 17.9. The summed E-state index contributed by atoms with van der Waals surface area (Å²) >= 11 is 0. The van der Waals surface area contributed by atoms with E-state index in [-0.39, 0.29) is 69.2 Å². The van der Waals surface area contributed by atoms with Gasteiger partial charge in [-0.2, -0.15) is 0 Å². The number of fused-ring (bicyclic) bond motifs is 5. The number of rotatable bonds is 15. The van der Waals surface area contributed by atoms with Crippen molar-refractivity contribution in [1.29, 1.82) is 0 Å². The lowest BCUT2D eigenvalue weighted by atomic mass is 9.44. The second-order valence-electron chi connectivity index (χ2n) is 28.4. The van der Waals surface area contributed by atoms with Crippen LogP contribution >= 0.6 is 0 Å². The van der Waals surface area contributed by atoms with Gasteiger partial charge in [-0.25, -0.2) is 4.39 Å². The molecule has 482 valence electrons. The number of ketones is 1. The number of esters is 1. The van der Waals surface area contributed by atoms with Crippen LogP contribution < -0.4 is 5.32 Å². The lowest BCUT2D eigenvalue weighted by Crippen LogP contribution is -2.70. The van der Waals surface area contributed by atoms with Crippen LogP contribution in [0.15, 0.2) is 23.8 Å². The van der Waals surface area contributed by atoms with Crippen LogP contribution in [-0.2, 0) is 42.8 Å². The van der Waals surface area contributed by atoms with E-state index in [1.165, 1.54) is 26.2 Å². The normalized spacial score (nSPS) is 49.0. The summed E-state index contributed by atoms with van der Waals surface area (Å²) in [4.78, 5) is 46.0. The number of hydrogen-bond acceptors (Lipinski definition) is 18. The molecule has 3 saturated heterocycles. The molecule has 2 unspecified atom stereocenters. The predicted octanol–water partition coefficient (Wildman–Crippen LogP) is 5.30. The monoisotopic (exact) mass is 1190 g/mol. The largest absolute Gasteiger partial charge is 0.459 e. The van der Waals surface area contributed by atoms with Crippen LogP contribution in [0.1, 0.15) is 168 Å². The maximum Gasteiger partial charge on any atom is 0.311 e. The Morgan fingerprint density at radius 2 is 1.57 bits per heavy atom. The van der Waals surface area contributed by atoms with Gasteiger partial charge in [0.2, 0.25) is 0 Å². The van der Waals surface area contributed by atoms with Crippen molar-refractivity contribution in [2.45, 2.75) is 275 Å². The van der Waals surface area contributed by atoms with E-state index in [2.05, 4.69) is 17.1 Å². The quantitative estimate of drug-likeness (QED) is 0.0764. The molecule has 0 bridgehead atoms. The molecule has 7 aliphatic rings. The summed E-state index contributed by atoms with van der Waals surface area (Å²) < 4.78 is 56.6. The number of methoxy groups -OCH3 is 1. The van der Waals surface area contributed by atoms with E-state index in [1.807, 2.05) is 25.8 Å². The van der Waals surface area contributed by atoms with Crippen molar-refractivity contribution in [3.8, 4) is 0 Å². The van der Waals surface area contributed by atoms with Gasteiger partial charge in [0.25, 0.3) is 5.91 Å². The first-order valence-corrected chi connectivity index (χ1v) is 31.7. The summed E-state index contributed by atoms with van der Waals surface area (Å²) in [5, 5.41) is 89.0. The molecule has 1 amide bonds. The number of hydrogen-bond donors (Lipinski definition) is 8. The van der Waals surface area contributed by atoms with Crippen molar-refractivity contribution in [1.82, 2.24) is 15.1 Å². The highest BCUT2D eigenvalue weighted by Gasteiger charge is 2.76. The average Bonchev–Trinajstić information content (AvgIpc) is 1.37. The minimum absolute atomic E-state index is 0.0656. The van der Waals surface area contributed by atoms with Gasteiger partial charge in [-0.3, -0.25) is 19.3 Å². The van der Waals surface area contributed by atoms with Gasteiger partial charge in [-0.15, -0.1) is 0 Å². The van der Waals surface area contributed by atoms with Crippen molar-refractivity contribution in [2.24, 2.45) is 46.3 Å². The molecule has 6 fully saturated rings. The molecule has 0 spiro atoms. The third-order valence-electron chi connectivity index (χ3n) is 22.3. The minimum atomic E-state index is -2.13. The molecule has 3 heterocycles. The third kappa shape index (κ3) is 12.5. The summed E-state index contributed by atoms with van der Waals surface area (Å²) in [6, 6.07) is -1.15. The van der Waals surface area contributed by atoms with E-state index >= 15 is 4.39 Å². The van der Waals surface area contributed by atoms with Crippen molar-refractivity contribution in [2.75, 3.05) is 40.3 Å². The topological polar surface area (TPSA) is 267 Å². The Hall–Kier alpha value is -2.54. The van der Waals surface area contributed by atoms with E-state index in [9.17, 15) is 50.1 Å². The van der Waals surface area contributed by atoms with Crippen LogP contribution in [0, 0.1) is 46.3 Å². The Morgan fingerprint density at radius 3 is 2.21 bits per heavy atom. The summed E-state index contributed by atoms with van der Waals surface area (Å²) in [5.74, 6) is -5.72. The molecule has 3 saturated carbocycles. The number of allylic oxidation sites excluding steroid dienone is 4. The molecule has 7 rings (SSSR count). The number of likely N-dealkylation sites (N-methyl/N-ethyl adjacent to an activating group) is 1. The molecule has 0 aromatic rings. The zero-order valence-electron chi connectivity index (χ0n) is 53.4. The Balaban J connectivity index is 1.17. The molecule has 0 radical (unpaired) electrons. The molecular weight excluding hydrogens is 1090 g/mol. The molecular formula is C64H108FN3O16. The van der Waals surface area contributed by atoms with E-state index in [0.717, 1.165) is 19.4 Å². The summed E-state index contributed by atoms with van der Waals surface area (Å²) in [6.07, 6.45) is -3.72. The second kappa shape index (κ2) is 26.1. The fourth-order valence-electron chi connectivity index (χ4n) is 17.0. The van der Waals surface area contributed by atoms with Crippen LogP contribution in [0.3, 0.4) is 0 Å². The zero-order valence-corrected chi connectivity index (χ0v) is 53.4. The van der Waals surface area contributed by atoms with Crippen molar-refractivity contribution >= 4 is 17.7 Å². The second-order valence-corrected chi connectivity index (χ2v) is 28.4. The summed E-state index contributed by atoms with van der Waals surface area (Å²) in [6.45, 7) is 26.0. The number of ether oxygens (including phenoxy) is 6. The Kier molecular flexibility index (Phi) is 21.4. The molecule has 19 nitrogen and oxygen atoms in total. The number of amides is 1. The molecule has 26 atom stereocenters. The molecule has 20 heteroatoms. The number of aliphatic hydroxyl groups is 7. The Labute approximate surface area is 499 Å². The number of carbonyl (C=O) groups excluding carboxylic acids is 3. The summed E-state index contributed by atoms with van der Waals surface area (Å²) in [7, 11) is 3.46. The van der Waals surface area contributed by atoms with E-state index < -0.39 is 148 Å². The molecule has 8 N–H and O–H groups in total. The number of alkyl halides is 1. The number of halogens is 1. The number of carbonyl (C=O) groups is 3. The van der Waals surface area contributed by atoms with E-state index in [0.29, 0.717) is 37.7 Å². The highest BCUT2D eigenvalue weighted by molar-refractivity contribution is 6.01. The number of unbranched alkanes of at least 4 members (excludes halogenated alkanes) is 1. The van der Waals surface area contributed by atoms with Crippen LogP contribution in [0.25, 0.3) is 0 Å². The van der Waals surface area contributed by atoms with Crippen LogP contribution in [-0.4, -0.2) is 211 Å². The molecule has 84 heavy (non-hydrogen) atoms. The van der Waals surface area contributed by atoms with Crippen molar-refractivity contribution in [3.63, 3.8) is 0 Å². The summed E-state index contributed by atoms with van der Waals surface area (Å²) in [5.41, 5.74) is -10.7. The van der Waals surface area contributed by atoms with E-state index in [1.54, 1.807) is 75.3 Å². The minimum Gasteiger partial charge on any atom is -0.459 e. The van der Waals surface area contributed by atoms with Gasteiger partial charge in [0.15, 0.2) is 29.6 Å². The van der Waals surface area contributed by atoms with Gasteiger partial charge in [0, 0.05) is 67.9 Å². The highest BCUT2D eigenvalue weighted by Crippen LogP contribution is 2.70. The molecule has 0 aromatic carbocycles. The fourth-order valence-corrected chi connectivity index (χ4v) is 17.0. The van der Waals surface area contributed by atoms with Gasteiger partial charge in [0.1, 0.15) is 30.0 Å². The van der Waals surface area contributed by atoms with Gasteiger partial charge < -0.3 is 74.4 Å². The van der Waals surface area contributed by atoms with E-state index in [4.69, 9.17) is 28.4 Å². The van der Waals surface area contributed by atoms with Crippen LogP contribution in [0.2, 0.25) is 0 Å². The highest BCUT2D eigenvalue weighted by atomic mass is 19.1. The maximum absolute atomic E-state index is 17.9.